The Bertz CT molecular complexity index is 1020. The van der Waals surface area contributed by atoms with E-state index >= 15 is 0 Å². The minimum atomic E-state index is -4.84. The smallest absolute Gasteiger partial charge is 0.434 e. The van der Waals surface area contributed by atoms with Gasteiger partial charge in [0, 0.05) is 12.6 Å². The first-order valence-corrected chi connectivity index (χ1v) is 9.25. The van der Waals surface area contributed by atoms with Crippen molar-refractivity contribution >= 4 is 5.91 Å². The predicted octanol–water partition coefficient (Wildman–Crippen LogP) is 2.72. The highest BCUT2D eigenvalue weighted by Crippen LogP contribution is 2.33. The topological polar surface area (TPSA) is 85.2 Å². The molecule has 0 saturated carbocycles. The molecule has 2 heterocycles. The number of halogens is 3. The van der Waals surface area contributed by atoms with E-state index in [-0.39, 0.29) is 24.3 Å². The maximum atomic E-state index is 13.8. The number of likely N-dealkylation sites (N-methyl/N-ethyl adjacent to an activating group) is 1. The number of hydrogen-bond donors (Lipinski definition) is 1. The summed E-state index contributed by atoms with van der Waals surface area (Å²) in [6, 6.07) is 11.8. The van der Waals surface area contributed by atoms with Gasteiger partial charge in [-0.2, -0.15) is 18.3 Å². The number of nitrogens with zero attached hydrogens (tertiary/aromatic N) is 5. The molecule has 0 radical (unpaired) electrons. The van der Waals surface area contributed by atoms with Gasteiger partial charge in [-0.15, -0.1) is 10.2 Å². The number of aromatic nitrogens is 4. The van der Waals surface area contributed by atoms with Crippen molar-refractivity contribution in [1.82, 2.24) is 30.2 Å². The highest BCUT2D eigenvalue weighted by molar-refractivity contribution is 5.95. The molecule has 0 aliphatic rings. The molecule has 2 aromatic heterocycles. The average Bonchev–Trinajstić information content (AvgIpc) is 3.20. The molecule has 1 N–H and O–H groups in total. The van der Waals surface area contributed by atoms with Crippen LogP contribution in [-0.4, -0.2) is 58.5 Å². The Labute approximate surface area is 176 Å². The Hall–Kier alpha value is -3.47. The summed E-state index contributed by atoms with van der Waals surface area (Å²) in [6.07, 6.45) is -3.97. The summed E-state index contributed by atoms with van der Waals surface area (Å²) < 4.78 is 46.8. The third-order valence-electron chi connectivity index (χ3n) is 4.60. The lowest BCUT2D eigenvalue weighted by atomic mass is 10.1. The van der Waals surface area contributed by atoms with Gasteiger partial charge >= 0.3 is 6.18 Å². The summed E-state index contributed by atoms with van der Waals surface area (Å²) >= 11 is 0. The molecule has 1 aromatic carbocycles. The molecule has 0 unspecified atom stereocenters. The number of alkyl halides is 3. The van der Waals surface area contributed by atoms with Gasteiger partial charge in [-0.1, -0.05) is 30.3 Å². The van der Waals surface area contributed by atoms with Crippen molar-refractivity contribution in [3.05, 3.63) is 65.5 Å². The third kappa shape index (κ3) is 5.00. The largest absolute Gasteiger partial charge is 0.480 e. The lowest BCUT2D eigenvalue weighted by molar-refractivity contribution is -0.143. The monoisotopic (exact) mass is 434 g/mol. The van der Waals surface area contributed by atoms with Crippen molar-refractivity contribution in [3.63, 3.8) is 0 Å². The first-order chi connectivity index (χ1) is 14.7. The molecule has 1 amide bonds. The van der Waals surface area contributed by atoms with Crippen LogP contribution in [0.2, 0.25) is 0 Å². The Balaban J connectivity index is 1.87. The van der Waals surface area contributed by atoms with Crippen LogP contribution in [0.1, 0.15) is 27.7 Å². The number of benzene rings is 1. The maximum absolute atomic E-state index is 13.8. The van der Waals surface area contributed by atoms with Crippen molar-refractivity contribution in [3.8, 4) is 11.7 Å². The van der Waals surface area contributed by atoms with Crippen LogP contribution in [0.3, 0.4) is 0 Å². The van der Waals surface area contributed by atoms with Crippen LogP contribution in [0.4, 0.5) is 13.2 Å². The highest BCUT2D eigenvalue weighted by atomic mass is 19.4. The molecule has 0 fully saturated rings. The summed E-state index contributed by atoms with van der Waals surface area (Å²) in [5, 5.41) is 13.7. The van der Waals surface area contributed by atoms with E-state index in [4.69, 9.17) is 4.74 Å². The molecule has 11 heteroatoms. The molecular formula is C20H21F3N6O2. The van der Waals surface area contributed by atoms with E-state index in [1.54, 1.807) is 0 Å². The van der Waals surface area contributed by atoms with Crippen LogP contribution in [0.5, 0.6) is 5.88 Å². The van der Waals surface area contributed by atoms with Gasteiger partial charge in [-0.3, -0.25) is 4.79 Å². The highest BCUT2D eigenvalue weighted by Gasteiger charge is 2.41. The normalized spacial score (nSPS) is 12.6. The lowest BCUT2D eigenvalue weighted by Gasteiger charge is -2.25. The molecule has 0 aliphatic heterocycles. The SMILES string of the molecule is COc1ccc(-n2ncc(C(=O)NC[C@H](c3ccccc3)N(C)C)c2C(F)(F)F)nn1. The van der Waals surface area contributed by atoms with Crippen LogP contribution in [0.15, 0.2) is 48.7 Å². The Kier molecular flexibility index (Phi) is 6.54. The van der Waals surface area contributed by atoms with Gasteiger partial charge in [0.05, 0.1) is 24.9 Å². The predicted molar refractivity (Wildman–Crippen MR) is 106 cm³/mol. The van der Waals surface area contributed by atoms with Crippen LogP contribution in [0.25, 0.3) is 5.82 Å². The van der Waals surface area contributed by atoms with Crippen molar-refractivity contribution in [2.24, 2.45) is 0 Å². The van der Waals surface area contributed by atoms with Gasteiger partial charge in [0.1, 0.15) is 0 Å². The van der Waals surface area contributed by atoms with Crippen LogP contribution >= 0.6 is 0 Å². The van der Waals surface area contributed by atoms with E-state index in [0.717, 1.165) is 11.8 Å². The van der Waals surface area contributed by atoms with Crippen molar-refractivity contribution in [2.75, 3.05) is 27.7 Å². The first-order valence-electron chi connectivity index (χ1n) is 9.25. The number of carbonyl (C=O) groups excluding carboxylic acids is 1. The van der Waals surface area contributed by atoms with E-state index in [0.29, 0.717) is 4.68 Å². The summed E-state index contributed by atoms with van der Waals surface area (Å²) in [4.78, 5) is 14.5. The quantitative estimate of drug-likeness (QED) is 0.616. The van der Waals surface area contributed by atoms with Crippen LogP contribution in [-0.2, 0) is 6.18 Å². The fourth-order valence-electron chi connectivity index (χ4n) is 3.05. The van der Waals surface area contributed by atoms with Gasteiger partial charge < -0.3 is 15.0 Å². The molecule has 3 aromatic rings. The molecule has 164 valence electrons. The molecule has 1 atom stereocenters. The van der Waals surface area contributed by atoms with Gasteiger partial charge in [0.2, 0.25) is 5.88 Å². The Morgan fingerprint density at radius 3 is 2.42 bits per heavy atom. The van der Waals surface area contributed by atoms with Gasteiger partial charge in [-0.25, -0.2) is 4.68 Å². The Morgan fingerprint density at radius 1 is 1.16 bits per heavy atom. The second-order valence-corrected chi connectivity index (χ2v) is 6.85. The summed E-state index contributed by atoms with van der Waals surface area (Å²) in [5.41, 5.74) is -0.908. The average molecular weight is 434 g/mol. The van der Waals surface area contributed by atoms with E-state index in [9.17, 15) is 18.0 Å². The summed E-state index contributed by atoms with van der Waals surface area (Å²) in [5.74, 6) is -0.941. The number of rotatable bonds is 7. The first kappa shape index (κ1) is 22.2. The zero-order chi connectivity index (χ0) is 22.6. The second-order valence-electron chi connectivity index (χ2n) is 6.85. The van der Waals surface area contributed by atoms with Crippen molar-refractivity contribution in [1.29, 1.82) is 0 Å². The number of amides is 1. The fourth-order valence-corrected chi connectivity index (χ4v) is 3.05. The number of ether oxygens (including phenoxy) is 1. The number of methoxy groups -OCH3 is 1. The van der Waals surface area contributed by atoms with Gasteiger partial charge in [0.15, 0.2) is 11.5 Å². The number of nitrogens with one attached hydrogen (secondary N) is 1. The molecule has 31 heavy (non-hydrogen) atoms. The zero-order valence-corrected chi connectivity index (χ0v) is 17.1. The zero-order valence-electron chi connectivity index (χ0n) is 17.1. The van der Waals surface area contributed by atoms with E-state index < -0.39 is 23.3 Å². The fraction of sp³-hybridized carbons (Fsp3) is 0.300. The second kappa shape index (κ2) is 9.13. The molecule has 0 aliphatic carbocycles. The van der Waals surface area contributed by atoms with Crippen molar-refractivity contribution in [2.45, 2.75) is 12.2 Å². The lowest BCUT2D eigenvalue weighted by Crippen LogP contribution is -2.35. The molecule has 8 nitrogen and oxygen atoms in total. The summed E-state index contributed by atoms with van der Waals surface area (Å²) in [6.45, 7) is 0.112. The van der Waals surface area contributed by atoms with Crippen molar-refractivity contribution < 1.29 is 22.7 Å². The molecule has 0 spiro atoms. The standard InChI is InChI=1S/C20H21F3N6O2/c1-28(2)15(13-7-5-4-6-8-13)12-24-19(30)14-11-25-29(18(14)20(21,22)23)16-9-10-17(31-3)27-26-16/h4-11,15H,12H2,1-3H3,(H,24,30)/t15-/m1/s1. The number of carbonyl (C=O) groups is 1. The minimum Gasteiger partial charge on any atom is -0.480 e. The molecule has 0 bridgehead atoms. The van der Waals surface area contributed by atoms with Crippen LogP contribution < -0.4 is 10.1 Å². The minimum absolute atomic E-state index is 0.112. The summed E-state index contributed by atoms with van der Waals surface area (Å²) in [7, 11) is 5.01. The van der Waals surface area contributed by atoms with E-state index in [1.165, 1.54) is 19.2 Å². The van der Waals surface area contributed by atoms with E-state index in [2.05, 4.69) is 20.6 Å². The third-order valence-corrected chi connectivity index (χ3v) is 4.60. The molecular weight excluding hydrogens is 413 g/mol. The van der Waals surface area contributed by atoms with Crippen LogP contribution in [0, 0.1) is 0 Å². The van der Waals surface area contributed by atoms with Gasteiger partial charge in [0.25, 0.3) is 5.91 Å². The maximum Gasteiger partial charge on any atom is 0.434 e. The molecule has 3 rings (SSSR count). The number of hydrogen-bond acceptors (Lipinski definition) is 6. The Morgan fingerprint density at radius 2 is 1.87 bits per heavy atom. The van der Waals surface area contributed by atoms with E-state index in [1.807, 2.05) is 49.3 Å². The molecule has 0 saturated heterocycles. The van der Waals surface area contributed by atoms with Gasteiger partial charge in [-0.05, 0) is 25.7 Å².